The van der Waals surface area contributed by atoms with Crippen molar-refractivity contribution in [3.8, 4) is 0 Å². The maximum atomic E-state index is 13.5. The molecule has 0 aliphatic rings. The third kappa shape index (κ3) is 4.37. The average Bonchev–Trinajstić information content (AvgIpc) is 2.43. The molecule has 2 rings (SSSR count). The summed E-state index contributed by atoms with van der Waals surface area (Å²) in [4.78, 5) is 12.4. The molecule has 1 N–H and O–H groups in total. The number of carbonyl (C=O) groups excluding carboxylic acids is 1. The Morgan fingerprint density at radius 1 is 1.19 bits per heavy atom. The lowest BCUT2D eigenvalue weighted by atomic mass is 10.1. The van der Waals surface area contributed by atoms with Crippen molar-refractivity contribution in [3.05, 3.63) is 63.4 Å². The zero-order chi connectivity index (χ0) is 15.4. The van der Waals surface area contributed by atoms with E-state index >= 15 is 0 Å². The van der Waals surface area contributed by atoms with Gasteiger partial charge in [-0.3, -0.25) is 4.79 Å². The highest BCUT2D eigenvalue weighted by molar-refractivity contribution is 7.80. The number of thiol groups is 1. The average molecular weight is 344 g/mol. The molecule has 110 valence electrons. The maximum absolute atomic E-state index is 13.5. The highest BCUT2D eigenvalue weighted by Gasteiger charge is 2.11. The van der Waals surface area contributed by atoms with E-state index in [1.165, 1.54) is 18.2 Å². The Labute approximate surface area is 137 Å². The molecule has 0 fully saturated rings. The first-order chi connectivity index (χ1) is 9.97. The third-order valence-electron chi connectivity index (χ3n) is 2.89. The van der Waals surface area contributed by atoms with Crippen molar-refractivity contribution in [2.45, 2.75) is 11.3 Å². The van der Waals surface area contributed by atoms with E-state index in [0.717, 1.165) is 5.56 Å². The predicted molar refractivity (Wildman–Crippen MR) is 86.2 cm³/mol. The van der Waals surface area contributed by atoms with Gasteiger partial charge in [0.05, 0.1) is 5.56 Å². The largest absolute Gasteiger partial charge is 0.352 e. The van der Waals surface area contributed by atoms with Crippen LogP contribution < -0.4 is 5.32 Å². The van der Waals surface area contributed by atoms with Crippen molar-refractivity contribution in [3.63, 3.8) is 0 Å². The lowest BCUT2D eigenvalue weighted by Gasteiger charge is -2.08. The minimum Gasteiger partial charge on any atom is -0.352 e. The van der Waals surface area contributed by atoms with E-state index in [-0.39, 0.29) is 5.56 Å². The Morgan fingerprint density at radius 2 is 1.95 bits per heavy atom. The standard InChI is InChI=1S/C15H12Cl2FNOS/c16-10-2-1-9(13(17)7-10)5-6-19-15(20)12-8-11(21)3-4-14(12)18/h1-4,7-8,21H,5-6H2,(H,19,20). The molecule has 2 nitrogen and oxygen atoms in total. The van der Waals surface area contributed by atoms with Crippen molar-refractivity contribution >= 4 is 41.7 Å². The summed E-state index contributed by atoms with van der Waals surface area (Å²) in [7, 11) is 0. The SMILES string of the molecule is O=C(NCCc1ccc(Cl)cc1Cl)c1cc(S)ccc1F. The van der Waals surface area contributed by atoms with Crippen LogP contribution in [0.5, 0.6) is 0 Å². The molecule has 0 bridgehead atoms. The van der Waals surface area contributed by atoms with Crippen LogP contribution in [0.15, 0.2) is 41.3 Å². The zero-order valence-electron chi connectivity index (χ0n) is 10.9. The minimum absolute atomic E-state index is 0.0234. The summed E-state index contributed by atoms with van der Waals surface area (Å²) in [6.07, 6.45) is 0.532. The van der Waals surface area contributed by atoms with Crippen LogP contribution in [0.25, 0.3) is 0 Å². The van der Waals surface area contributed by atoms with Crippen molar-refractivity contribution < 1.29 is 9.18 Å². The first-order valence-electron chi connectivity index (χ1n) is 6.18. The van der Waals surface area contributed by atoms with Gasteiger partial charge in [-0.25, -0.2) is 4.39 Å². The van der Waals surface area contributed by atoms with Gasteiger partial charge in [-0.05, 0) is 42.3 Å². The van der Waals surface area contributed by atoms with Crippen LogP contribution in [0.4, 0.5) is 4.39 Å². The summed E-state index contributed by atoms with van der Waals surface area (Å²) in [6, 6.07) is 9.27. The van der Waals surface area contributed by atoms with Crippen LogP contribution in [0.2, 0.25) is 10.0 Å². The van der Waals surface area contributed by atoms with Gasteiger partial charge in [0.25, 0.3) is 5.91 Å². The normalized spacial score (nSPS) is 10.5. The molecule has 0 aromatic heterocycles. The van der Waals surface area contributed by atoms with Crippen LogP contribution in [-0.4, -0.2) is 12.5 Å². The number of hydrogen-bond acceptors (Lipinski definition) is 2. The number of halogens is 3. The summed E-state index contributed by atoms with van der Waals surface area (Å²) in [5.41, 5.74) is 0.842. The van der Waals surface area contributed by atoms with E-state index in [1.54, 1.807) is 18.2 Å². The molecule has 2 aromatic carbocycles. The summed E-state index contributed by atoms with van der Waals surface area (Å²) in [6.45, 7) is 0.344. The number of nitrogens with one attached hydrogen (secondary N) is 1. The van der Waals surface area contributed by atoms with Gasteiger partial charge in [0.15, 0.2) is 0 Å². The van der Waals surface area contributed by atoms with Crippen molar-refractivity contribution in [1.82, 2.24) is 5.32 Å². The predicted octanol–water partition coefficient (Wildman–Crippen LogP) is 4.39. The molecule has 0 aliphatic carbocycles. The van der Waals surface area contributed by atoms with Gasteiger partial charge in [0.1, 0.15) is 5.82 Å². The van der Waals surface area contributed by atoms with E-state index < -0.39 is 11.7 Å². The molecule has 0 atom stereocenters. The highest BCUT2D eigenvalue weighted by Crippen LogP contribution is 2.21. The number of rotatable bonds is 4. The molecule has 0 unspecified atom stereocenters. The molecule has 0 radical (unpaired) electrons. The van der Waals surface area contributed by atoms with Gasteiger partial charge in [0, 0.05) is 21.5 Å². The fraction of sp³-hybridized carbons (Fsp3) is 0.133. The van der Waals surface area contributed by atoms with Gasteiger partial charge in [-0.2, -0.15) is 0 Å². The lowest BCUT2D eigenvalue weighted by molar-refractivity contribution is 0.0950. The third-order valence-corrected chi connectivity index (χ3v) is 3.75. The van der Waals surface area contributed by atoms with E-state index in [1.807, 2.05) is 0 Å². The first kappa shape index (κ1) is 16.1. The number of benzene rings is 2. The summed E-state index contributed by atoms with van der Waals surface area (Å²) >= 11 is 15.9. The Balaban J connectivity index is 1.97. The number of hydrogen-bond donors (Lipinski definition) is 2. The molecule has 0 heterocycles. The van der Waals surface area contributed by atoms with Crippen LogP contribution >= 0.6 is 35.8 Å². The van der Waals surface area contributed by atoms with Gasteiger partial charge in [-0.1, -0.05) is 29.3 Å². The summed E-state index contributed by atoms with van der Waals surface area (Å²) in [5.74, 6) is -1.05. The van der Waals surface area contributed by atoms with Gasteiger partial charge in [0.2, 0.25) is 0 Å². The van der Waals surface area contributed by atoms with Gasteiger partial charge >= 0.3 is 0 Å². The minimum atomic E-state index is -0.574. The van der Waals surface area contributed by atoms with E-state index in [9.17, 15) is 9.18 Å². The molecule has 1 amide bonds. The molecule has 0 saturated carbocycles. The van der Waals surface area contributed by atoms with Crippen molar-refractivity contribution in [1.29, 1.82) is 0 Å². The van der Waals surface area contributed by atoms with Crippen molar-refractivity contribution in [2.75, 3.05) is 6.54 Å². The van der Waals surface area contributed by atoms with Gasteiger partial charge < -0.3 is 5.32 Å². The fourth-order valence-electron chi connectivity index (χ4n) is 1.82. The van der Waals surface area contributed by atoms with Crippen LogP contribution in [0.3, 0.4) is 0 Å². The Morgan fingerprint density at radius 3 is 2.67 bits per heavy atom. The van der Waals surface area contributed by atoms with E-state index in [0.29, 0.717) is 27.9 Å². The topological polar surface area (TPSA) is 29.1 Å². The molecule has 0 spiro atoms. The quantitative estimate of drug-likeness (QED) is 0.792. The zero-order valence-corrected chi connectivity index (χ0v) is 13.3. The molecule has 21 heavy (non-hydrogen) atoms. The number of amides is 1. The number of carbonyl (C=O) groups is 1. The lowest BCUT2D eigenvalue weighted by Crippen LogP contribution is -2.26. The molecular weight excluding hydrogens is 332 g/mol. The van der Waals surface area contributed by atoms with E-state index in [2.05, 4.69) is 17.9 Å². The second-order valence-corrected chi connectivity index (χ2v) is 5.77. The van der Waals surface area contributed by atoms with Crippen LogP contribution in [0.1, 0.15) is 15.9 Å². The fourth-order valence-corrected chi connectivity index (χ4v) is 2.52. The Bertz CT molecular complexity index is 679. The van der Waals surface area contributed by atoms with Crippen LogP contribution in [-0.2, 0) is 6.42 Å². The molecule has 0 saturated heterocycles. The summed E-state index contributed by atoms with van der Waals surface area (Å²) in [5, 5.41) is 3.75. The summed E-state index contributed by atoms with van der Waals surface area (Å²) < 4.78 is 13.5. The second kappa shape index (κ2) is 7.16. The molecular formula is C15H12Cl2FNOS. The monoisotopic (exact) mass is 343 g/mol. The Kier molecular flexibility index (Phi) is 5.51. The maximum Gasteiger partial charge on any atom is 0.254 e. The van der Waals surface area contributed by atoms with E-state index in [4.69, 9.17) is 23.2 Å². The van der Waals surface area contributed by atoms with Crippen molar-refractivity contribution in [2.24, 2.45) is 0 Å². The van der Waals surface area contributed by atoms with Gasteiger partial charge in [-0.15, -0.1) is 12.6 Å². The first-order valence-corrected chi connectivity index (χ1v) is 7.38. The Hall–Kier alpha value is -1.23. The smallest absolute Gasteiger partial charge is 0.254 e. The highest BCUT2D eigenvalue weighted by atomic mass is 35.5. The molecule has 2 aromatic rings. The molecule has 0 aliphatic heterocycles. The molecule has 6 heteroatoms. The second-order valence-electron chi connectivity index (χ2n) is 4.41. The van der Waals surface area contributed by atoms with Crippen LogP contribution in [0, 0.1) is 5.82 Å².